The summed E-state index contributed by atoms with van der Waals surface area (Å²) in [5.41, 5.74) is 3.53. The molecule has 0 saturated heterocycles. The maximum absolute atomic E-state index is 12.9. The zero-order chi connectivity index (χ0) is 21.1. The minimum absolute atomic E-state index is 0.00705. The number of fused-ring (bicyclic) bond motifs is 1. The lowest BCUT2D eigenvalue weighted by molar-refractivity contribution is -0.124. The van der Waals surface area contributed by atoms with E-state index >= 15 is 0 Å². The van der Waals surface area contributed by atoms with Gasteiger partial charge in [-0.2, -0.15) is 0 Å². The molecule has 30 heavy (non-hydrogen) atoms. The Balaban J connectivity index is 1.38. The largest absolute Gasteiger partial charge is 0.356 e. The van der Waals surface area contributed by atoms with E-state index in [9.17, 15) is 9.59 Å². The molecule has 6 nitrogen and oxygen atoms in total. The minimum atomic E-state index is 0.00705. The van der Waals surface area contributed by atoms with E-state index in [0.29, 0.717) is 24.6 Å². The third-order valence-electron chi connectivity index (χ3n) is 5.94. The number of H-pyrrole nitrogens is 1. The lowest BCUT2D eigenvalue weighted by Crippen LogP contribution is -2.32. The van der Waals surface area contributed by atoms with Gasteiger partial charge in [0.2, 0.25) is 5.91 Å². The summed E-state index contributed by atoms with van der Waals surface area (Å²) in [6.45, 7) is 3.29. The number of amides is 2. The highest BCUT2D eigenvalue weighted by Crippen LogP contribution is 2.31. The molecule has 3 aromatic rings. The topological polar surface area (TPSA) is 78.1 Å². The molecular formula is C24H28N4O2. The molecule has 2 amide bonds. The van der Waals surface area contributed by atoms with Crippen LogP contribution in [-0.4, -0.2) is 46.8 Å². The van der Waals surface area contributed by atoms with Crippen LogP contribution >= 0.6 is 0 Å². The van der Waals surface area contributed by atoms with Crippen molar-refractivity contribution >= 4 is 22.8 Å². The number of imidazole rings is 1. The van der Waals surface area contributed by atoms with Gasteiger partial charge in [-0.25, -0.2) is 4.98 Å². The van der Waals surface area contributed by atoms with Crippen LogP contribution in [0.1, 0.15) is 36.5 Å². The van der Waals surface area contributed by atoms with Gasteiger partial charge in [-0.05, 0) is 56.4 Å². The number of carbonyl (C=O) groups is 2. The number of para-hydroxylation sites is 2. The molecule has 1 unspecified atom stereocenters. The Kier molecular flexibility index (Phi) is 5.84. The molecule has 1 aromatic heterocycles. The minimum Gasteiger partial charge on any atom is -0.356 e. The first-order valence-corrected chi connectivity index (χ1v) is 10.6. The number of rotatable bonds is 6. The number of nitrogens with zero attached hydrogens (tertiary/aromatic N) is 2. The molecule has 2 aromatic carbocycles. The lowest BCUT2D eigenvalue weighted by Gasteiger charge is -2.21. The van der Waals surface area contributed by atoms with Gasteiger partial charge in [-0.3, -0.25) is 9.59 Å². The van der Waals surface area contributed by atoms with Crippen molar-refractivity contribution in [1.82, 2.24) is 20.2 Å². The molecular weight excluding hydrogens is 376 g/mol. The van der Waals surface area contributed by atoms with Gasteiger partial charge in [0.25, 0.3) is 5.91 Å². The quantitative estimate of drug-likeness (QED) is 0.655. The first kappa shape index (κ1) is 20.1. The van der Waals surface area contributed by atoms with E-state index in [-0.39, 0.29) is 17.7 Å². The normalized spacial score (nSPS) is 18.5. The smallest absolute Gasteiger partial charge is 0.253 e. The third kappa shape index (κ3) is 4.22. The molecule has 0 bridgehead atoms. The van der Waals surface area contributed by atoms with Crippen LogP contribution in [0.25, 0.3) is 22.4 Å². The fourth-order valence-corrected chi connectivity index (χ4v) is 4.35. The van der Waals surface area contributed by atoms with Gasteiger partial charge in [0, 0.05) is 37.2 Å². The van der Waals surface area contributed by atoms with Crippen LogP contribution in [0.5, 0.6) is 0 Å². The molecule has 1 heterocycles. The standard InChI is InChI=1S/C24H28N4O2/c1-3-25-23(29)19-9-8-16(14-19)15-28(2)24(30)18-12-10-17(11-13-18)22-26-20-6-4-5-7-21(20)27-22/h4-7,10-13,16,19H,3,8-9,14-15H2,1-2H3,(H,25,29)(H,26,27)/t16?,19-/m0/s1. The monoisotopic (exact) mass is 404 g/mol. The second kappa shape index (κ2) is 8.69. The van der Waals surface area contributed by atoms with E-state index in [1.807, 2.05) is 62.5 Å². The summed E-state index contributed by atoms with van der Waals surface area (Å²) < 4.78 is 0. The molecule has 2 atom stereocenters. The van der Waals surface area contributed by atoms with Crippen LogP contribution in [0, 0.1) is 11.8 Å². The molecule has 1 aliphatic carbocycles. The van der Waals surface area contributed by atoms with E-state index in [1.165, 1.54) is 0 Å². The number of carbonyl (C=O) groups excluding carboxylic acids is 2. The average Bonchev–Trinajstić information content (AvgIpc) is 3.40. The van der Waals surface area contributed by atoms with Gasteiger partial charge in [0.15, 0.2) is 0 Å². The number of nitrogens with one attached hydrogen (secondary N) is 2. The molecule has 0 spiro atoms. The molecule has 1 fully saturated rings. The van der Waals surface area contributed by atoms with Crippen molar-refractivity contribution in [3.05, 3.63) is 54.1 Å². The Morgan fingerprint density at radius 3 is 2.63 bits per heavy atom. The van der Waals surface area contributed by atoms with Gasteiger partial charge >= 0.3 is 0 Å². The summed E-state index contributed by atoms with van der Waals surface area (Å²) in [5, 5.41) is 2.91. The van der Waals surface area contributed by atoms with Crippen molar-refractivity contribution in [1.29, 1.82) is 0 Å². The molecule has 2 N–H and O–H groups in total. The third-order valence-corrected chi connectivity index (χ3v) is 5.94. The number of aromatic nitrogens is 2. The molecule has 156 valence electrons. The molecule has 6 heteroatoms. The van der Waals surface area contributed by atoms with Gasteiger partial charge in [0.1, 0.15) is 5.82 Å². The van der Waals surface area contributed by atoms with E-state index in [1.54, 1.807) is 4.90 Å². The van der Waals surface area contributed by atoms with E-state index in [0.717, 1.165) is 41.7 Å². The molecule has 4 rings (SSSR count). The average molecular weight is 405 g/mol. The summed E-state index contributed by atoms with van der Waals surface area (Å²) in [6.07, 6.45) is 2.75. The van der Waals surface area contributed by atoms with Crippen molar-refractivity contribution < 1.29 is 9.59 Å². The van der Waals surface area contributed by atoms with Crippen LogP contribution < -0.4 is 5.32 Å². The Labute approximate surface area is 176 Å². The predicted molar refractivity (Wildman–Crippen MR) is 118 cm³/mol. The second-order valence-electron chi connectivity index (χ2n) is 8.14. The van der Waals surface area contributed by atoms with Gasteiger partial charge in [-0.15, -0.1) is 0 Å². The second-order valence-corrected chi connectivity index (χ2v) is 8.14. The highest BCUT2D eigenvalue weighted by atomic mass is 16.2. The predicted octanol–water partition coefficient (Wildman–Crippen LogP) is 3.85. The van der Waals surface area contributed by atoms with Crippen molar-refractivity contribution in [3.8, 4) is 11.4 Å². The first-order chi connectivity index (χ1) is 14.5. The summed E-state index contributed by atoms with van der Waals surface area (Å²) in [7, 11) is 1.84. The Bertz CT molecular complexity index is 1010. The highest BCUT2D eigenvalue weighted by molar-refractivity contribution is 5.94. The van der Waals surface area contributed by atoms with Gasteiger partial charge in [-0.1, -0.05) is 24.3 Å². The Hall–Kier alpha value is -3.15. The van der Waals surface area contributed by atoms with Crippen LogP contribution in [0.15, 0.2) is 48.5 Å². The Morgan fingerprint density at radius 1 is 1.13 bits per heavy atom. The van der Waals surface area contributed by atoms with Crippen molar-refractivity contribution in [2.24, 2.45) is 11.8 Å². The fraction of sp³-hybridized carbons (Fsp3) is 0.375. The molecule has 1 aliphatic rings. The maximum Gasteiger partial charge on any atom is 0.253 e. The summed E-state index contributed by atoms with van der Waals surface area (Å²) >= 11 is 0. The van der Waals surface area contributed by atoms with Crippen LogP contribution in [0.2, 0.25) is 0 Å². The SMILES string of the molecule is CCNC(=O)[C@H]1CCC(CN(C)C(=O)c2ccc(-c3nc4ccccc4[nH]3)cc2)C1. The summed E-state index contributed by atoms with van der Waals surface area (Å²) in [5.74, 6) is 1.41. The van der Waals surface area contributed by atoms with E-state index in [2.05, 4.69) is 15.3 Å². The van der Waals surface area contributed by atoms with Crippen LogP contribution in [0.4, 0.5) is 0 Å². The summed E-state index contributed by atoms with van der Waals surface area (Å²) in [6, 6.07) is 15.5. The van der Waals surface area contributed by atoms with E-state index < -0.39 is 0 Å². The zero-order valence-electron chi connectivity index (χ0n) is 17.5. The number of hydrogen-bond donors (Lipinski definition) is 2. The first-order valence-electron chi connectivity index (χ1n) is 10.6. The van der Waals surface area contributed by atoms with Gasteiger partial charge in [0.05, 0.1) is 11.0 Å². The van der Waals surface area contributed by atoms with Crippen LogP contribution in [0.3, 0.4) is 0 Å². The number of benzene rings is 2. The van der Waals surface area contributed by atoms with Crippen molar-refractivity contribution in [2.75, 3.05) is 20.1 Å². The highest BCUT2D eigenvalue weighted by Gasteiger charge is 2.31. The molecule has 0 aliphatic heterocycles. The van der Waals surface area contributed by atoms with Crippen molar-refractivity contribution in [2.45, 2.75) is 26.2 Å². The van der Waals surface area contributed by atoms with E-state index in [4.69, 9.17) is 0 Å². The zero-order valence-corrected chi connectivity index (χ0v) is 17.5. The van der Waals surface area contributed by atoms with Gasteiger partial charge < -0.3 is 15.2 Å². The maximum atomic E-state index is 12.9. The molecule has 1 saturated carbocycles. The molecule has 0 radical (unpaired) electrons. The lowest BCUT2D eigenvalue weighted by atomic mass is 10.0. The van der Waals surface area contributed by atoms with Crippen molar-refractivity contribution in [3.63, 3.8) is 0 Å². The Morgan fingerprint density at radius 2 is 1.90 bits per heavy atom. The fourth-order valence-electron chi connectivity index (χ4n) is 4.35. The number of aromatic amines is 1. The number of hydrogen-bond acceptors (Lipinski definition) is 3. The van der Waals surface area contributed by atoms with Crippen LogP contribution in [-0.2, 0) is 4.79 Å². The summed E-state index contributed by atoms with van der Waals surface area (Å²) in [4.78, 5) is 34.6.